The summed E-state index contributed by atoms with van der Waals surface area (Å²) in [6, 6.07) is 14.4. The number of aryl methyl sites for hydroxylation is 1. The molecule has 0 atom stereocenters. The number of rotatable bonds is 3. The van der Waals surface area contributed by atoms with Gasteiger partial charge in [0.25, 0.3) is 5.56 Å². The highest BCUT2D eigenvalue weighted by Gasteiger charge is 2.07. The van der Waals surface area contributed by atoms with Gasteiger partial charge in [-0.25, -0.2) is 4.79 Å². The van der Waals surface area contributed by atoms with Crippen LogP contribution in [0.4, 0.5) is 0 Å². The zero-order chi connectivity index (χ0) is 14.8. The molecule has 21 heavy (non-hydrogen) atoms. The number of aromatic nitrogens is 2. The quantitative estimate of drug-likeness (QED) is 0.808. The Kier molecular flexibility index (Phi) is 3.62. The lowest BCUT2D eigenvalue weighted by molar-refractivity contribution is 0.636. The number of hydrogen-bond acceptors (Lipinski definition) is 2. The zero-order valence-corrected chi connectivity index (χ0v) is 11.9. The van der Waals surface area contributed by atoms with Crippen molar-refractivity contribution in [3.05, 3.63) is 80.0 Å². The van der Waals surface area contributed by atoms with Gasteiger partial charge in [-0.2, -0.15) is 0 Å². The number of fused-ring (bicyclic) bond motifs is 1. The molecule has 0 fully saturated rings. The summed E-state index contributed by atoms with van der Waals surface area (Å²) in [5.41, 5.74) is 0.949. The van der Waals surface area contributed by atoms with Gasteiger partial charge in [-0.15, -0.1) is 0 Å². The minimum absolute atomic E-state index is 0.261. The molecular weight excluding hydrogens is 288 g/mol. The lowest BCUT2D eigenvalue weighted by Crippen LogP contribution is -2.35. The van der Waals surface area contributed by atoms with Gasteiger partial charge in [-0.3, -0.25) is 9.36 Å². The van der Waals surface area contributed by atoms with Crippen LogP contribution in [0.25, 0.3) is 10.9 Å². The van der Waals surface area contributed by atoms with Crippen molar-refractivity contribution in [2.45, 2.75) is 13.0 Å². The standard InChI is InChI=1S/C16H13ClN2O2/c17-12-7-5-11(6-8-12)9-10-19-15(20)13-3-1-2-4-14(13)18-16(19)21/h1-8H,9-10H2,(H,18,21). The molecule has 3 aromatic rings. The van der Waals surface area contributed by atoms with Gasteiger partial charge in [0.1, 0.15) is 0 Å². The van der Waals surface area contributed by atoms with E-state index in [1.54, 1.807) is 36.4 Å². The third-order valence-electron chi connectivity index (χ3n) is 3.43. The maximum Gasteiger partial charge on any atom is 0.328 e. The number of benzene rings is 2. The highest BCUT2D eigenvalue weighted by molar-refractivity contribution is 6.30. The minimum atomic E-state index is -0.382. The molecule has 0 spiro atoms. The summed E-state index contributed by atoms with van der Waals surface area (Å²) < 4.78 is 1.23. The fraction of sp³-hybridized carbons (Fsp3) is 0.125. The van der Waals surface area contributed by atoms with E-state index in [4.69, 9.17) is 11.6 Å². The molecule has 1 N–H and O–H groups in total. The first-order valence-corrected chi connectivity index (χ1v) is 6.99. The van der Waals surface area contributed by atoms with E-state index >= 15 is 0 Å². The van der Waals surface area contributed by atoms with Crippen LogP contribution < -0.4 is 11.2 Å². The van der Waals surface area contributed by atoms with Crippen molar-refractivity contribution >= 4 is 22.5 Å². The van der Waals surface area contributed by atoms with Gasteiger partial charge in [0, 0.05) is 11.6 Å². The van der Waals surface area contributed by atoms with E-state index in [2.05, 4.69) is 4.98 Å². The molecule has 0 saturated heterocycles. The minimum Gasteiger partial charge on any atom is -0.307 e. The molecule has 4 nitrogen and oxygen atoms in total. The first-order valence-electron chi connectivity index (χ1n) is 6.61. The van der Waals surface area contributed by atoms with E-state index in [9.17, 15) is 9.59 Å². The highest BCUT2D eigenvalue weighted by Crippen LogP contribution is 2.10. The summed E-state index contributed by atoms with van der Waals surface area (Å²) >= 11 is 5.83. The second-order valence-corrected chi connectivity index (χ2v) is 5.25. The summed E-state index contributed by atoms with van der Waals surface area (Å²) in [7, 11) is 0. The second kappa shape index (κ2) is 5.58. The number of aromatic amines is 1. The fourth-order valence-corrected chi connectivity index (χ4v) is 2.42. The van der Waals surface area contributed by atoms with Gasteiger partial charge in [0.2, 0.25) is 0 Å². The lowest BCUT2D eigenvalue weighted by Gasteiger charge is -2.06. The monoisotopic (exact) mass is 300 g/mol. The van der Waals surface area contributed by atoms with Crippen molar-refractivity contribution in [2.24, 2.45) is 0 Å². The molecule has 106 valence electrons. The molecule has 5 heteroatoms. The molecule has 0 aliphatic rings. The Morgan fingerprint density at radius 1 is 1.00 bits per heavy atom. The van der Waals surface area contributed by atoms with Crippen molar-refractivity contribution in [1.82, 2.24) is 9.55 Å². The van der Waals surface area contributed by atoms with E-state index in [-0.39, 0.29) is 11.2 Å². The molecule has 0 saturated carbocycles. The Hall–Kier alpha value is -2.33. The molecule has 3 rings (SSSR count). The van der Waals surface area contributed by atoms with Crippen LogP contribution in [0.1, 0.15) is 5.56 Å². The van der Waals surface area contributed by atoms with Crippen molar-refractivity contribution in [1.29, 1.82) is 0 Å². The Bertz CT molecular complexity index is 895. The molecule has 0 bridgehead atoms. The normalized spacial score (nSPS) is 10.9. The molecular formula is C16H13ClN2O2. The van der Waals surface area contributed by atoms with Crippen molar-refractivity contribution in [3.63, 3.8) is 0 Å². The molecule has 1 heterocycles. The van der Waals surface area contributed by atoms with E-state index < -0.39 is 0 Å². The molecule has 0 aliphatic heterocycles. The third kappa shape index (κ3) is 2.76. The van der Waals surface area contributed by atoms with Crippen LogP contribution in [0.5, 0.6) is 0 Å². The first kappa shape index (κ1) is 13.6. The third-order valence-corrected chi connectivity index (χ3v) is 3.68. The summed E-state index contributed by atoms with van der Waals surface area (Å²) in [6.07, 6.45) is 0.596. The van der Waals surface area contributed by atoms with E-state index in [1.807, 2.05) is 12.1 Å². The van der Waals surface area contributed by atoms with Gasteiger partial charge in [0.15, 0.2) is 0 Å². The van der Waals surface area contributed by atoms with Crippen LogP contribution in [0.3, 0.4) is 0 Å². The van der Waals surface area contributed by atoms with Crippen LogP contribution in [0.2, 0.25) is 5.02 Å². The highest BCUT2D eigenvalue weighted by atomic mass is 35.5. The predicted molar refractivity (Wildman–Crippen MR) is 84.0 cm³/mol. The number of para-hydroxylation sites is 1. The molecule has 0 amide bonds. The smallest absolute Gasteiger partial charge is 0.307 e. The summed E-state index contributed by atoms with van der Waals surface area (Å²) in [5.74, 6) is 0. The molecule has 2 aromatic carbocycles. The Labute approximate surface area is 125 Å². The second-order valence-electron chi connectivity index (χ2n) is 4.81. The largest absolute Gasteiger partial charge is 0.328 e. The number of H-pyrrole nitrogens is 1. The molecule has 1 aromatic heterocycles. The van der Waals surface area contributed by atoms with Crippen molar-refractivity contribution in [3.8, 4) is 0 Å². The fourth-order valence-electron chi connectivity index (χ4n) is 2.29. The number of nitrogens with one attached hydrogen (secondary N) is 1. The number of halogens is 1. The predicted octanol–water partition coefficient (Wildman–Crippen LogP) is 2.59. The number of hydrogen-bond donors (Lipinski definition) is 1. The van der Waals surface area contributed by atoms with Gasteiger partial charge in [-0.05, 0) is 36.2 Å². The van der Waals surface area contributed by atoms with Crippen LogP contribution >= 0.6 is 11.6 Å². The average Bonchev–Trinajstić information content (AvgIpc) is 2.49. The van der Waals surface area contributed by atoms with E-state index in [1.165, 1.54) is 4.57 Å². The lowest BCUT2D eigenvalue weighted by atomic mass is 10.1. The Balaban J connectivity index is 1.95. The zero-order valence-electron chi connectivity index (χ0n) is 11.2. The summed E-state index contributed by atoms with van der Waals surface area (Å²) in [5, 5.41) is 1.19. The maximum absolute atomic E-state index is 12.3. The van der Waals surface area contributed by atoms with Gasteiger partial charge < -0.3 is 4.98 Å². The summed E-state index contributed by atoms with van der Waals surface area (Å²) in [4.78, 5) is 27.1. The molecule has 0 radical (unpaired) electrons. The SMILES string of the molecule is O=c1[nH]c2ccccc2c(=O)n1CCc1ccc(Cl)cc1. The maximum atomic E-state index is 12.3. The van der Waals surface area contributed by atoms with Gasteiger partial charge in [-0.1, -0.05) is 35.9 Å². The average molecular weight is 301 g/mol. The van der Waals surface area contributed by atoms with Crippen molar-refractivity contribution < 1.29 is 0 Å². The summed E-state index contributed by atoms with van der Waals surface area (Å²) in [6.45, 7) is 0.334. The Morgan fingerprint density at radius 3 is 2.48 bits per heavy atom. The van der Waals surface area contributed by atoms with E-state index in [0.717, 1.165) is 5.56 Å². The van der Waals surface area contributed by atoms with Gasteiger partial charge >= 0.3 is 5.69 Å². The molecule has 0 unspecified atom stereocenters. The first-order chi connectivity index (χ1) is 10.1. The van der Waals surface area contributed by atoms with Crippen LogP contribution in [-0.4, -0.2) is 9.55 Å². The van der Waals surface area contributed by atoms with Crippen LogP contribution in [0, 0.1) is 0 Å². The number of nitrogens with zero attached hydrogens (tertiary/aromatic N) is 1. The molecule has 0 aliphatic carbocycles. The van der Waals surface area contributed by atoms with E-state index in [0.29, 0.717) is 28.9 Å². The van der Waals surface area contributed by atoms with Crippen LogP contribution in [-0.2, 0) is 13.0 Å². The topological polar surface area (TPSA) is 54.9 Å². The Morgan fingerprint density at radius 2 is 1.71 bits per heavy atom. The van der Waals surface area contributed by atoms with Crippen LogP contribution in [0.15, 0.2) is 58.1 Å². The van der Waals surface area contributed by atoms with Crippen molar-refractivity contribution in [2.75, 3.05) is 0 Å². The van der Waals surface area contributed by atoms with Gasteiger partial charge in [0.05, 0.1) is 10.9 Å².